The van der Waals surface area contributed by atoms with Crippen molar-refractivity contribution in [2.45, 2.75) is 78.5 Å². The summed E-state index contributed by atoms with van der Waals surface area (Å²) in [6, 6.07) is 11.7. The normalized spacial score (nSPS) is 12.9. The number of nitrogens with zero attached hydrogens (tertiary/aromatic N) is 1. The molecule has 0 bridgehead atoms. The molecule has 8 heteroatoms. The third-order valence-corrected chi connectivity index (χ3v) is 6.39. The number of hydrogen-bond acceptors (Lipinski definition) is 6. The van der Waals surface area contributed by atoms with Gasteiger partial charge in [-0.2, -0.15) is 0 Å². The number of benzene rings is 2. The Kier molecular flexibility index (Phi) is 11.7. The van der Waals surface area contributed by atoms with E-state index in [9.17, 15) is 19.5 Å². The van der Waals surface area contributed by atoms with Crippen LogP contribution in [-0.4, -0.2) is 58.7 Å². The van der Waals surface area contributed by atoms with Gasteiger partial charge in [-0.25, -0.2) is 4.79 Å². The van der Waals surface area contributed by atoms with Crippen LogP contribution in [-0.2, 0) is 27.2 Å². The van der Waals surface area contributed by atoms with E-state index in [2.05, 4.69) is 29.3 Å². The summed E-state index contributed by atoms with van der Waals surface area (Å²) in [6.07, 6.45) is 2.81. The fourth-order valence-electron chi connectivity index (χ4n) is 4.37. The van der Waals surface area contributed by atoms with Crippen LogP contribution in [0.4, 0.5) is 4.79 Å². The van der Waals surface area contributed by atoms with Crippen molar-refractivity contribution in [3.8, 4) is 5.75 Å². The molecule has 0 heterocycles. The lowest BCUT2D eigenvalue weighted by Crippen LogP contribution is -2.54. The van der Waals surface area contributed by atoms with Gasteiger partial charge in [-0.3, -0.25) is 19.8 Å². The van der Waals surface area contributed by atoms with Gasteiger partial charge >= 0.3 is 6.09 Å². The number of aromatic hydroxyl groups is 1. The van der Waals surface area contributed by atoms with Crippen molar-refractivity contribution in [3.63, 3.8) is 0 Å². The molecule has 2 aromatic rings. The molecule has 2 atom stereocenters. The van der Waals surface area contributed by atoms with Gasteiger partial charge in [0, 0.05) is 13.0 Å². The molecule has 39 heavy (non-hydrogen) atoms. The SMILES string of the molecule is C=CCN(CCCc1ccccc1)[C@H](C)C(=O)NC(=O)[C@H](Cc1c(C)cc(O)cc1C)NC(=O)OC(C)(C)C. The lowest BCUT2D eigenvalue weighted by Gasteiger charge is -2.28. The van der Waals surface area contributed by atoms with Gasteiger partial charge in [-0.15, -0.1) is 6.58 Å². The lowest BCUT2D eigenvalue weighted by atomic mass is 9.95. The van der Waals surface area contributed by atoms with Crippen molar-refractivity contribution in [3.05, 3.63) is 77.4 Å². The summed E-state index contributed by atoms with van der Waals surface area (Å²) < 4.78 is 5.36. The molecular formula is C31H43N3O5. The number of phenols is 1. The highest BCUT2D eigenvalue weighted by Crippen LogP contribution is 2.22. The summed E-state index contributed by atoms with van der Waals surface area (Å²) in [5, 5.41) is 15.0. The second kappa shape index (κ2) is 14.5. The Labute approximate surface area is 232 Å². The van der Waals surface area contributed by atoms with E-state index in [1.54, 1.807) is 45.9 Å². The number of carbonyl (C=O) groups is 3. The zero-order valence-electron chi connectivity index (χ0n) is 24.0. The first-order valence-electron chi connectivity index (χ1n) is 13.3. The average molecular weight is 538 g/mol. The summed E-state index contributed by atoms with van der Waals surface area (Å²) in [5.74, 6) is -0.974. The van der Waals surface area contributed by atoms with Crippen molar-refractivity contribution < 1.29 is 24.2 Å². The number of rotatable bonds is 12. The first kappa shape index (κ1) is 31.6. The Bertz CT molecular complexity index is 1120. The molecule has 8 nitrogen and oxygen atoms in total. The first-order valence-corrected chi connectivity index (χ1v) is 13.3. The molecule has 0 fully saturated rings. The molecule has 0 aliphatic heterocycles. The van der Waals surface area contributed by atoms with Crippen molar-refractivity contribution in [1.29, 1.82) is 0 Å². The minimum absolute atomic E-state index is 0.119. The third kappa shape index (κ3) is 10.6. The molecule has 2 rings (SSSR count). The predicted molar refractivity (Wildman–Crippen MR) is 154 cm³/mol. The van der Waals surface area contributed by atoms with Crippen LogP contribution in [0.5, 0.6) is 5.75 Å². The van der Waals surface area contributed by atoms with Crippen LogP contribution in [0, 0.1) is 13.8 Å². The standard InChI is InChI=1S/C31H43N3O5/c1-8-16-34(17-12-15-24-13-10-9-11-14-24)23(4)28(36)33-29(37)27(32-30(38)39-31(5,6)7)20-26-21(2)18-25(35)19-22(26)3/h8-11,13-14,18-19,23,27,35H,1,12,15-17,20H2,2-7H3,(H,32,38)(H,33,36,37)/t23-,27+/m1/s1. The highest BCUT2D eigenvalue weighted by atomic mass is 16.6. The summed E-state index contributed by atoms with van der Waals surface area (Å²) in [6.45, 7) is 15.5. The Morgan fingerprint density at radius 1 is 1.08 bits per heavy atom. The smallest absolute Gasteiger partial charge is 0.408 e. The molecule has 212 valence electrons. The molecule has 0 saturated heterocycles. The number of alkyl carbamates (subject to hydrolysis) is 1. The van der Waals surface area contributed by atoms with Gasteiger partial charge in [0.1, 0.15) is 17.4 Å². The summed E-state index contributed by atoms with van der Waals surface area (Å²) in [7, 11) is 0. The fourth-order valence-corrected chi connectivity index (χ4v) is 4.37. The maximum Gasteiger partial charge on any atom is 0.408 e. The Morgan fingerprint density at radius 2 is 1.69 bits per heavy atom. The first-order chi connectivity index (χ1) is 18.3. The van der Waals surface area contributed by atoms with Crippen molar-refractivity contribution in [1.82, 2.24) is 15.5 Å². The van der Waals surface area contributed by atoms with Crippen LogP contribution in [0.3, 0.4) is 0 Å². The molecule has 0 radical (unpaired) electrons. The quantitative estimate of drug-likeness (QED) is 0.342. The predicted octanol–water partition coefficient (Wildman–Crippen LogP) is 4.60. The molecule has 2 aromatic carbocycles. The van der Waals surface area contributed by atoms with Gasteiger partial charge in [0.05, 0.1) is 6.04 Å². The fraction of sp³-hybridized carbons (Fsp3) is 0.452. The van der Waals surface area contributed by atoms with E-state index in [1.807, 2.05) is 36.9 Å². The number of nitrogens with one attached hydrogen (secondary N) is 2. The van der Waals surface area contributed by atoms with Gasteiger partial charge in [0.25, 0.3) is 0 Å². The van der Waals surface area contributed by atoms with Crippen LogP contribution in [0.2, 0.25) is 0 Å². The Hall–Kier alpha value is -3.65. The maximum atomic E-state index is 13.3. The van der Waals surface area contributed by atoms with E-state index in [0.29, 0.717) is 13.1 Å². The van der Waals surface area contributed by atoms with Crippen molar-refractivity contribution in [2.24, 2.45) is 0 Å². The molecule has 0 spiro atoms. The van der Waals surface area contributed by atoms with Gasteiger partial charge in [0.15, 0.2) is 0 Å². The van der Waals surface area contributed by atoms with Crippen molar-refractivity contribution in [2.75, 3.05) is 13.1 Å². The van der Waals surface area contributed by atoms with E-state index in [0.717, 1.165) is 29.5 Å². The van der Waals surface area contributed by atoms with Crippen LogP contribution < -0.4 is 10.6 Å². The number of hydrogen-bond donors (Lipinski definition) is 3. The molecule has 3 N–H and O–H groups in total. The molecular weight excluding hydrogens is 494 g/mol. The Morgan fingerprint density at radius 3 is 2.26 bits per heavy atom. The Balaban J connectivity index is 2.14. The maximum absolute atomic E-state index is 13.3. The van der Waals surface area contributed by atoms with E-state index >= 15 is 0 Å². The molecule has 3 amide bonds. The topological polar surface area (TPSA) is 108 Å². The van der Waals surface area contributed by atoms with Gasteiger partial charge in [0.2, 0.25) is 11.8 Å². The minimum Gasteiger partial charge on any atom is -0.508 e. The lowest BCUT2D eigenvalue weighted by molar-refractivity contribution is -0.134. The summed E-state index contributed by atoms with van der Waals surface area (Å²) in [4.78, 5) is 41.1. The molecule has 0 aromatic heterocycles. The van der Waals surface area contributed by atoms with E-state index in [4.69, 9.17) is 4.74 Å². The van der Waals surface area contributed by atoms with Gasteiger partial charge in [-0.05, 0) is 95.3 Å². The minimum atomic E-state index is -1.07. The number of carbonyl (C=O) groups excluding carboxylic acids is 3. The van der Waals surface area contributed by atoms with E-state index in [-0.39, 0.29) is 12.2 Å². The van der Waals surface area contributed by atoms with Crippen LogP contribution in [0.1, 0.15) is 56.4 Å². The van der Waals surface area contributed by atoms with Gasteiger partial charge < -0.3 is 15.2 Å². The van der Waals surface area contributed by atoms with E-state index in [1.165, 1.54) is 5.56 Å². The summed E-state index contributed by atoms with van der Waals surface area (Å²) >= 11 is 0. The van der Waals surface area contributed by atoms with Crippen LogP contribution in [0.25, 0.3) is 0 Å². The number of imide groups is 1. The van der Waals surface area contributed by atoms with E-state index < -0.39 is 35.6 Å². The zero-order chi connectivity index (χ0) is 29.2. The second-order valence-electron chi connectivity index (χ2n) is 10.9. The largest absolute Gasteiger partial charge is 0.508 e. The second-order valence-corrected chi connectivity index (χ2v) is 10.9. The number of aryl methyl sites for hydroxylation is 3. The average Bonchev–Trinajstić information content (AvgIpc) is 2.83. The monoisotopic (exact) mass is 537 g/mol. The van der Waals surface area contributed by atoms with Crippen LogP contribution >= 0.6 is 0 Å². The highest BCUT2D eigenvalue weighted by molar-refractivity contribution is 6.00. The number of amides is 3. The number of ether oxygens (including phenoxy) is 1. The highest BCUT2D eigenvalue weighted by Gasteiger charge is 2.29. The molecule has 0 unspecified atom stereocenters. The zero-order valence-corrected chi connectivity index (χ0v) is 24.0. The summed E-state index contributed by atoms with van der Waals surface area (Å²) in [5.41, 5.74) is 2.79. The van der Waals surface area contributed by atoms with Crippen LogP contribution in [0.15, 0.2) is 55.1 Å². The third-order valence-electron chi connectivity index (χ3n) is 6.39. The molecule has 0 aliphatic carbocycles. The molecule has 0 aliphatic rings. The number of phenolic OH excluding ortho intramolecular Hbond substituents is 1. The van der Waals surface area contributed by atoms with Crippen molar-refractivity contribution >= 4 is 17.9 Å². The molecule has 0 saturated carbocycles. The van der Waals surface area contributed by atoms with Gasteiger partial charge in [-0.1, -0.05) is 36.4 Å².